The predicted molar refractivity (Wildman–Crippen MR) is 82.0 cm³/mol. The lowest BCUT2D eigenvalue weighted by molar-refractivity contribution is -0.129. The third-order valence-corrected chi connectivity index (χ3v) is 3.88. The van der Waals surface area contributed by atoms with Gasteiger partial charge in [0.05, 0.1) is 5.54 Å². The standard InChI is InChI=1S/C15H20F2N2O2.ClH/c1-9(21-11-5-6-12(16)13(17)7-11)14(20)19-15(2,8-18)10-3-4-10;/h5-7,9-10H,3-4,8,18H2,1-2H3,(H,19,20);1H. The molecule has 2 atom stereocenters. The van der Waals surface area contributed by atoms with Gasteiger partial charge in [0, 0.05) is 12.6 Å². The van der Waals surface area contributed by atoms with Gasteiger partial charge < -0.3 is 15.8 Å². The first-order chi connectivity index (χ1) is 9.85. The van der Waals surface area contributed by atoms with Crippen LogP contribution >= 0.6 is 12.4 Å². The fraction of sp³-hybridized carbons (Fsp3) is 0.533. The quantitative estimate of drug-likeness (QED) is 0.839. The Bertz CT molecular complexity index is 540. The van der Waals surface area contributed by atoms with E-state index in [1.165, 1.54) is 6.07 Å². The van der Waals surface area contributed by atoms with E-state index in [1.54, 1.807) is 6.92 Å². The van der Waals surface area contributed by atoms with Gasteiger partial charge in [-0.25, -0.2) is 8.78 Å². The number of hydrogen-bond acceptors (Lipinski definition) is 3. The molecule has 2 unspecified atom stereocenters. The van der Waals surface area contributed by atoms with Crippen LogP contribution in [0.1, 0.15) is 26.7 Å². The maximum atomic E-state index is 13.1. The van der Waals surface area contributed by atoms with Crippen LogP contribution in [-0.2, 0) is 4.79 Å². The number of benzene rings is 1. The van der Waals surface area contributed by atoms with Crippen LogP contribution in [0.2, 0.25) is 0 Å². The minimum Gasteiger partial charge on any atom is -0.481 e. The lowest BCUT2D eigenvalue weighted by Crippen LogP contribution is -2.56. The zero-order valence-electron chi connectivity index (χ0n) is 12.6. The molecule has 1 saturated carbocycles. The molecule has 0 radical (unpaired) electrons. The second-order valence-corrected chi connectivity index (χ2v) is 5.72. The zero-order chi connectivity index (χ0) is 15.6. The summed E-state index contributed by atoms with van der Waals surface area (Å²) in [6, 6.07) is 3.16. The third-order valence-electron chi connectivity index (χ3n) is 3.88. The fourth-order valence-corrected chi connectivity index (χ4v) is 2.23. The molecule has 1 aromatic carbocycles. The molecule has 124 valence electrons. The number of nitrogens with one attached hydrogen (secondary N) is 1. The Morgan fingerprint density at radius 3 is 2.59 bits per heavy atom. The Hall–Kier alpha value is -1.40. The molecule has 1 aromatic rings. The van der Waals surface area contributed by atoms with Gasteiger partial charge in [-0.3, -0.25) is 4.79 Å². The van der Waals surface area contributed by atoms with Gasteiger partial charge in [-0.2, -0.15) is 0 Å². The Balaban J connectivity index is 0.00000242. The Labute approximate surface area is 134 Å². The summed E-state index contributed by atoms with van der Waals surface area (Å²) in [4.78, 5) is 12.1. The molecule has 1 amide bonds. The SMILES string of the molecule is CC(Oc1ccc(F)c(F)c1)C(=O)NC(C)(CN)C1CC1.Cl. The topological polar surface area (TPSA) is 64.3 Å². The van der Waals surface area contributed by atoms with Crippen molar-refractivity contribution in [2.75, 3.05) is 6.54 Å². The van der Waals surface area contributed by atoms with Crippen molar-refractivity contribution in [1.29, 1.82) is 0 Å². The largest absolute Gasteiger partial charge is 0.481 e. The first-order valence-electron chi connectivity index (χ1n) is 6.99. The number of hydrogen-bond donors (Lipinski definition) is 2. The molecule has 4 nitrogen and oxygen atoms in total. The van der Waals surface area contributed by atoms with Crippen LogP contribution in [-0.4, -0.2) is 24.1 Å². The van der Waals surface area contributed by atoms with E-state index in [1.807, 2.05) is 6.92 Å². The number of carbonyl (C=O) groups excluding carboxylic acids is 1. The van der Waals surface area contributed by atoms with Gasteiger partial charge in [0.1, 0.15) is 5.75 Å². The van der Waals surface area contributed by atoms with Gasteiger partial charge in [0.25, 0.3) is 5.91 Å². The fourth-order valence-electron chi connectivity index (χ4n) is 2.23. The van der Waals surface area contributed by atoms with Crippen molar-refractivity contribution < 1.29 is 18.3 Å². The number of ether oxygens (including phenoxy) is 1. The molecule has 0 heterocycles. The molecule has 2 rings (SSSR count). The molecular weight excluding hydrogens is 314 g/mol. The lowest BCUT2D eigenvalue weighted by Gasteiger charge is -2.30. The van der Waals surface area contributed by atoms with E-state index in [0.717, 1.165) is 25.0 Å². The number of amides is 1. The molecule has 0 bridgehead atoms. The Morgan fingerprint density at radius 2 is 2.09 bits per heavy atom. The number of carbonyl (C=O) groups is 1. The highest BCUT2D eigenvalue weighted by molar-refractivity contribution is 5.85. The summed E-state index contributed by atoms with van der Waals surface area (Å²) in [6.45, 7) is 3.81. The minimum atomic E-state index is -1.01. The molecule has 1 fully saturated rings. The highest BCUT2D eigenvalue weighted by Gasteiger charge is 2.42. The maximum Gasteiger partial charge on any atom is 0.261 e. The summed E-state index contributed by atoms with van der Waals surface area (Å²) in [6.07, 6.45) is 1.28. The van der Waals surface area contributed by atoms with Gasteiger partial charge in [-0.15, -0.1) is 12.4 Å². The molecule has 1 aliphatic carbocycles. The number of nitrogens with two attached hydrogens (primary N) is 1. The highest BCUT2D eigenvalue weighted by atomic mass is 35.5. The van der Waals surface area contributed by atoms with Gasteiger partial charge in [-0.05, 0) is 44.7 Å². The molecule has 0 saturated heterocycles. The lowest BCUT2D eigenvalue weighted by atomic mass is 9.95. The van der Waals surface area contributed by atoms with Crippen molar-refractivity contribution in [3.05, 3.63) is 29.8 Å². The first-order valence-corrected chi connectivity index (χ1v) is 6.99. The first kappa shape index (κ1) is 18.6. The van der Waals surface area contributed by atoms with E-state index in [0.29, 0.717) is 12.5 Å². The number of rotatable bonds is 6. The van der Waals surface area contributed by atoms with Crippen LogP contribution in [0.5, 0.6) is 5.75 Å². The molecule has 0 aromatic heterocycles. The Morgan fingerprint density at radius 1 is 1.45 bits per heavy atom. The van der Waals surface area contributed by atoms with Crippen molar-refractivity contribution in [3.63, 3.8) is 0 Å². The summed E-state index contributed by atoms with van der Waals surface area (Å²) in [5.74, 6) is -1.78. The zero-order valence-corrected chi connectivity index (χ0v) is 13.4. The van der Waals surface area contributed by atoms with Crippen molar-refractivity contribution in [1.82, 2.24) is 5.32 Å². The normalized spacial score (nSPS) is 17.9. The number of halogens is 3. The van der Waals surface area contributed by atoms with E-state index in [4.69, 9.17) is 10.5 Å². The average molecular weight is 335 g/mol. The van der Waals surface area contributed by atoms with Crippen LogP contribution in [0.3, 0.4) is 0 Å². The van der Waals surface area contributed by atoms with Gasteiger partial charge in [-0.1, -0.05) is 0 Å². The van der Waals surface area contributed by atoms with E-state index in [9.17, 15) is 13.6 Å². The summed E-state index contributed by atoms with van der Waals surface area (Å²) in [5, 5.41) is 2.89. The van der Waals surface area contributed by atoms with Gasteiger partial charge in [0.15, 0.2) is 17.7 Å². The van der Waals surface area contributed by atoms with E-state index in [2.05, 4.69) is 5.32 Å². The minimum absolute atomic E-state index is 0. The molecule has 1 aliphatic rings. The summed E-state index contributed by atoms with van der Waals surface area (Å²) in [7, 11) is 0. The highest BCUT2D eigenvalue weighted by Crippen LogP contribution is 2.39. The van der Waals surface area contributed by atoms with Crippen molar-refractivity contribution in [2.45, 2.75) is 38.3 Å². The molecular formula is C15H21ClF2N2O2. The Kier molecular flexibility index (Phi) is 6.14. The van der Waals surface area contributed by atoms with Crippen LogP contribution in [0.25, 0.3) is 0 Å². The second kappa shape index (κ2) is 7.24. The van der Waals surface area contributed by atoms with E-state index < -0.39 is 23.3 Å². The van der Waals surface area contributed by atoms with Crippen LogP contribution in [0, 0.1) is 17.6 Å². The van der Waals surface area contributed by atoms with E-state index >= 15 is 0 Å². The van der Waals surface area contributed by atoms with E-state index in [-0.39, 0.29) is 24.1 Å². The van der Waals surface area contributed by atoms with Crippen molar-refractivity contribution >= 4 is 18.3 Å². The molecule has 3 N–H and O–H groups in total. The van der Waals surface area contributed by atoms with Crippen molar-refractivity contribution in [2.24, 2.45) is 11.7 Å². The molecule has 0 aliphatic heterocycles. The molecule has 22 heavy (non-hydrogen) atoms. The summed E-state index contributed by atoms with van der Waals surface area (Å²) in [5.41, 5.74) is 5.30. The summed E-state index contributed by atoms with van der Waals surface area (Å²) < 4.78 is 31.3. The average Bonchev–Trinajstić information content (AvgIpc) is 3.27. The van der Waals surface area contributed by atoms with Crippen LogP contribution < -0.4 is 15.8 Å². The molecule has 7 heteroatoms. The third kappa shape index (κ3) is 4.30. The second-order valence-electron chi connectivity index (χ2n) is 5.72. The van der Waals surface area contributed by atoms with Gasteiger partial charge in [0.2, 0.25) is 0 Å². The van der Waals surface area contributed by atoms with Crippen LogP contribution in [0.15, 0.2) is 18.2 Å². The smallest absolute Gasteiger partial charge is 0.261 e. The van der Waals surface area contributed by atoms with Crippen LogP contribution in [0.4, 0.5) is 8.78 Å². The maximum absolute atomic E-state index is 13.1. The van der Waals surface area contributed by atoms with Gasteiger partial charge >= 0.3 is 0 Å². The predicted octanol–water partition coefficient (Wildman–Crippen LogP) is 2.40. The summed E-state index contributed by atoms with van der Waals surface area (Å²) >= 11 is 0. The van der Waals surface area contributed by atoms with Crippen molar-refractivity contribution in [3.8, 4) is 5.75 Å². The molecule has 0 spiro atoms. The monoisotopic (exact) mass is 334 g/mol.